The number of fused-ring (bicyclic) bond motifs is 1. The number of hydrogen-bond donors (Lipinski definition) is 0. The molecule has 0 aliphatic carbocycles. The number of halogens is 1. The van der Waals surface area contributed by atoms with Crippen molar-refractivity contribution < 1.29 is 4.39 Å². The average Bonchev–Trinajstić information content (AvgIpc) is 2.67. The molecule has 4 rings (SSSR count). The number of hydrogen-bond acceptors (Lipinski definition) is 4. The number of benzene rings is 1. The molecule has 0 saturated carbocycles. The van der Waals surface area contributed by atoms with Crippen LogP contribution < -0.4 is 16.7 Å². The molecule has 0 atom stereocenters. The van der Waals surface area contributed by atoms with E-state index in [1.807, 2.05) is 0 Å². The van der Waals surface area contributed by atoms with Crippen LogP contribution in [0.4, 0.5) is 4.39 Å². The summed E-state index contributed by atoms with van der Waals surface area (Å²) >= 11 is 0. The summed E-state index contributed by atoms with van der Waals surface area (Å²) in [6.45, 7) is -0.0149. The van der Waals surface area contributed by atoms with Gasteiger partial charge in [-0.1, -0.05) is 6.07 Å². The third-order valence-electron chi connectivity index (χ3n) is 4.12. The molecule has 0 amide bonds. The van der Waals surface area contributed by atoms with E-state index in [9.17, 15) is 18.8 Å². The Balaban J connectivity index is 1.74. The molecule has 27 heavy (non-hydrogen) atoms. The van der Waals surface area contributed by atoms with Gasteiger partial charge in [0.15, 0.2) is 0 Å². The van der Waals surface area contributed by atoms with Crippen LogP contribution in [0.2, 0.25) is 0 Å². The molecule has 7 nitrogen and oxygen atoms in total. The molecule has 0 unspecified atom stereocenters. The highest BCUT2D eigenvalue weighted by Crippen LogP contribution is 2.06. The zero-order valence-electron chi connectivity index (χ0n) is 13.9. The molecule has 3 aromatic heterocycles. The van der Waals surface area contributed by atoms with Crippen molar-refractivity contribution in [3.05, 3.63) is 110 Å². The molecule has 134 valence electrons. The van der Waals surface area contributed by atoms with Crippen molar-refractivity contribution in [2.75, 3.05) is 0 Å². The maximum absolute atomic E-state index is 13.0. The molecule has 0 spiro atoms. The van der Waals surface area contributed by atoms with E-state index in [2.05, 4.69) is 4.98 Å². The molecule has 0 radical (unpaired) electrons. The second kappa shape index (κ2) is 6.49. The second-order valence-electron chi connectivity index (χ2n) is 5.90. The first kappa shape index (κ1) is 16.6. The Bertz CT molecular complexity index is 1320. The van der Waals surface area contributed by atoms with Crippen LogP contribution in [0.15, 0.2) is 81.5 Å². The summed E-state index contributed by atoms with van der Waals surface area (Å²) in [5.74, 6) is -0.436. The largest absolute Gasteiger partial charge is 0.320 e. The van der Waals surface area contributed by atoms with Gasteiger partial charge in [0.05, 0.1) is 12.2 Å². The summed E-state index contributed by atoms with van der Waals surface area (Å²) < 4.78 is 16.8. The van der Waals surface area contributed by atoms with Gasteiger partial charge in [-0.05, 0) is 36.4 Å². The zero-order valence-corrected chi connectivity index (χ0v) is 13.9. The van der Waals surface area contributed by atoms with Crippen LogP contribution in [-0.4, -0.2) is 18.5 Å². The number of aromatic nitrogens is 4. The fourth-order valence-electron chi connectivity index (χ4n) is 2.80. The van der Waals surface area contributed by atoms with Crippen molar-refractivity contribution in [2.24, 2.45) is 0 Å². The van der Waals surface area contributed by atoms with Crippen molar-refractivity contribution in [3.63, 3.8) is 0 Å². The third kappa shape index (κ3) is 3.08. The summed E-state index contributed by atoms with van der Waals surface area (Å²) in [7, 11) is 0. The molecule has 0 saturated heterocycles. The minimum absolute atomic E-state index is 0.0149. The molecule has 4 aromatic rings. The van der Waals surface area contributed by atoms with E-state index in [-0.39, 0.29) is 12.1 Å². The quantitative estimate of drug-likeness (QED) is 0.512. The van der Waals surface area contributed by atoms with Crippen LogP contribution in [0, 0.1) is 5.82 Å². The molecule has 3 heterocycles. The fraction of sp³-hybridized carbons (Fsp3) is 0.0526. The molecule has 0 aliphatic heterocycles. The molecular weight excluding hydrogens is 351 g/mol. The van der Waals surface area contributed by atoms with Crippen LogP contribution in [0.3, 0.4) is 0 Å². The highest BCUT2D eigenvalue weighted by atomic mass is 19.1. The molecule has 0 N–H and O–H groups in total. The molecule has 8 heteroatoms. The van der Waals surface area contributed by atoms with Gasteiger partial charge in [-0.2, -0.15) is 0 Å². The summed E-state index contributed by atoms with van der Waals surface area (Å²) in [5.41, 5.74) is -0.616. The molecule has 0 bridgehead atoms. The summed E-state index contributed by atoms with van der Waals surface area (Å²) in [4.78, 5) is 41.3. The van der Waals surface area contributed by atoms with Crippen LogP contribution in [0.5, 0.6) is 0 Å². The summed E-state index contributed by atoms with van der Waals surface area (Å²) in [5, 5.41) is 0. The van der Waals surface area contributed by atoms with Gasteiger partial charge in [-0.3, -0.25) is 23.4 Å². The highest BCUT2D eigenvalue weighted by molar-refractivity contribution is 5.38. The third-order valence-corrected chi connectivity index (χ3v) is 4.12. The molecular formula is C19H13FN4O3. The van der Waals surface area contributed by atoms with Crippen molar-refractivity contribution in [1.82, 2.24) is 18.5 Å². The van der Waals surface area contributed by atoms with E-state index in [1.165, 1.54) is 51.7 Å². The van der Waals surface area contributed by atoms with Gasteiger partial charge in [-0.15, -0.1) is 0 Å². The van der Waals surface area contributed by atoms with Gasteiger partial charge in [0.1, 0.15) is 11.5 Å². The first-order chi connectivity index (χ1) is 13.0. The standard InChI is InChI=1S/C19H13FN4O3/c20-13-4-6-15(7-5-13)23-10-9-22(18(26)19(23)27)12-14-11-17(25)24-8-2-1-3-16(24)21-14/h1-11H,12H2. The zero-order chi connectivity index (χ0) is 19.0. The first-order valence-electron chi connectivity index (χ1n) is 8.08. The van der Waals surface area contributed by atoms with E-state index >= 15 is 0 Å². The molecule has 0 fully saturated rings. The maximum atomic E-state index is 13.0. The highest BCUT2D eigenvalue weighted by Gasteiger charge is 2.09. The van der Waals surface area contributed by atoms with Crippen molar-refractivity contribution in [1.29, 1.82) is 0 Å². The van der Waals surface area contributed by atoms with Gasteiger partial charge in [-0.25, -0.2) is 9.37 Å². The maximum Gasteiger partial charge on any atom is 0.320 e. The monoisotopic (exact) mass is 364 g/mol. The lowest BCUT2D eigenvalue weighted by Gasteiger charge is -2.09. The lowest BCUT2D eigenvalue weighted by molar-refractivity contribution is 0.627. The minimum Gasteiger partial charge on any atom is -0.303 e. The predicted octanol–water partition coefficient (Wildman–Crippen LogP) is 1.19. The smallest absolute Gasteiger partial charge is 0.303 e. The fourth-order valence-corrected chi connectivity index (χ4v) is 2.80. The first-order valence-corrected chi connectivity index (χ1v) is 8.08. The lowest BCUT2D eigenvalue weighted by atomic mass is 10.3. The van der Waals surface area contributed by atoms with Crippen LogP contribution >= 0.6 is 0 Å². The van der Waals surface area contributed by atoms with Gasteiger partial charge in [0.2, 0.25) is 0 Å². The Hall–Kier alpha value is -3.81. The Labute approximate surface area is 151 Å². The summed E-state index contributed by atoms with van der Waals surface area (Å²) in [6, 6.07) is 11.7. The van der Waals surface area contributed by atoms with Gasteiger partial charge in [0.25, 0.3) is 5.56 Å². The number of pyridine rings is 1. The van der Waals surface area contributed by atoms with E-state index in [1.54, 1.807) is 24.4 Å². The summed E-state index contributed by atoms with van der Waals surface area (Å²) in [6.07, 6.45) is 4.46. The SMILES string of the molecule is O=c1c(=O)n(-c2ccc(F)cc2)ccn1Cc1cc(=O)n2ccccc2n1. The Morgan fingerprint density at radius 2 is 1.67 bits per heavy atom. The molecule has 0 aliphatic rings. The Kier molecular flexibility index (Phi) is 4.00. The van der Waals surface area contributed by atoms with Crippen LogP contribution in [0.1, 0.15) is 5.69 Å². The predicted molar refractivity (Wildman–Crippen MR) is 96.8 cm³/mol. The lowest BCUT2D eigenvalue weighted by Crippen LogP contribution is -2.40. The topological polar surface area (TPSA) is 78.4 Å². The van der Waals surface area contributed by atoms with E-state index in [0.29, 0.717) is 17.0 Å². The van der Waals surface area contributed by atoms with Crippen molar-refractivity contribution >= 4 is 5.65 Å². The van der Waals surface area contributed by atoms with Gasteiger partial charge in [0, 0.05) is 30.3 Å². The number of nitrogens with zero attached hydrogens (tertiary/aromatic N) is 4. The van der Waals surface area contributed by atoms with Crippen LogP contribution in [0.25, 0.3) is 11.3 Å². The van der Waals surface area contributed by atoms with Crippen molar-refractivity contribution in [2.45, 2.75) is 6.54 Å². The van der Waals surface area contributed by atoms with Gasteiger partial charge >= 0.3 is 11.1 Å². The van der Waals surface area contributed by atoms with E-state index < -0.39 is 16.9 Å². The van der Waals surface area contributed by atoms with E-state index in [0.717, 1.165) is 4.57 Å². The minimum atomic E-state index is -0.776. The second-order valence-corrected chi connectivity index (χ2v) is 5.90. The molecule has 1 aromatic carbocycles. The Morgan fingerprint density at radius 3 is 2.44 bits per heavy atom. The van der Waals surface area contributed by atoms with Gasteiger partial charge < -0.3 is 4.57 Å². The average molecular weight is 364 g/mol. The number of rotatable bonds is 3. The van der Waals surface area contributed by atoms with Crippen LogP contribution in [-0.2, 0) is 6.54 Å². The van der Waals surface area contributed by atoms with E-state index in [4.69, 9.17) is 0 Å². The van der Waals surface area contributed by atoms with Crippen molar-refractivity contribution in [3.8, 4) is 5.69 Å². The normalized spacial score (nSPS) is 11.0. The Morgan fingerprint density at radius 1 is 0.889 bits per heavy atom.